The molecular weight excluding hydrogens is 292 g/mol. The van der Waals surface area contributed by atoms with Crippen molar-refractivity contribution in [3.8, 4) is 0 Å². The van der Waals surface area contributed by atoms with Crippen molar-refractivity contribution in [3.63, 3.8) is 0 Å². The molecule has 0 aromatic heterocycles. The number of carbonyl (C=O) groups excluding carboxylic acids is 1. The Kier molecular flexibility index (Phi) is 7.18. The first kappa shape index (κ1) is 18.8. The number of esters is 1. The molecule has 5 atom stereocenters. The van der Waals surface area contributed by atoms with Gasteiger partial charge in [-0.2, -0.15) is 0 Å². The summed E-state index contributed by atoms with van der Waals surface area (Å²) in [4.78, 5) is 11.9. The Morgan fingerprint density at radius 2 is 1.73 bits per heavy atom. The van der Waals surface area contributed by atoms with Crippen LogP contribution in [0.1, 0.15) is 27.2 Å². The van der Waals surface area contributed by atoms with Gasteiger partial charge in [0.05, 0.1) is 6.61 Å². The van der Waals surface area contributed by atoms with Crippen molar-refractivity contribution in [1.29, 1.82) is 0 Å². The highest BCUT2D eigenvalue weighted by atomic mass is 16.7. The maximum atomic E-state index is 11.9. The Labute approximate surface area is 129 Å². The molecule has 7 heteroatoms. The molecule has 0 saturated carbocycles. The average molecular weight is 316 g/mol. The lowest BCUT2D eigenvalue weighted by atomic mass is 9.99. The van der Waals surface area contributed by atoms with Crippen LogP contribution in [-0.4, -0.2) is 63.7 Å². The number of hydrogen-bond donors (Lipinski definition) is 4. The highest BCUT2D eigenvalue weighted by Crippen LogP contribution is 2.22. The fraction of sp³-hybridized carbons (Fsp3) is 0.667. The lowest BCUT2D eigenvalue weighted by molar-refractivity contribution is -0.291. The number of aliphatic hydroxyl groups excluding tert-OH is 4. The van der Waals surface area contributed by atoms with Crippen molar-refractivity contribution in [2.24, 2.45) is 0 Å². The molecule has 4 N–H and O–H groups in total. The first-order valence-corrected chi connectivity index (χ1v) is 7.09. The van der Waals surface area contributed by atoms with Crippen LogP contribution in [0.3, 0.4) is 0 Å². The van der Waals surface area contributed by atoms with E-state index in [1.165, 1.54) is 0 Å². The van der Waals surface area contributed by atoms with E-state index in [-0.39, 0.29) is 0 Å². The van der Waals surface area contributed by atoms with Gasteiger partial charge in [-0.05, 0) is 27.2 Å². The second-order valence-corrected chi connectivity index (χ2v) is 5.51. The van der Waals surface area contributed by atoms with Crippen LogP contribution in [0, 0.1) is 0 Å². The lowest BCUT2D eigenvalue weighted by Gasteiger charge is -2.39. The summed E-state index contributed by atoms with van der Waals surface area (Å²) in [6, 6.07) is 0. The van der Waals surface area contributed by atoms with Crippen molar-refractivity contribution in [1.82, 2.24) is 0 Å². The summed E-state index contributed by atoms with van der Waals surface area (Å²) in [6.45, 7) is 4.87. The average Bonchev–Trinajstić information content (AvgIpc) is 2.47. The highest BCUT2D eigenvalue weighted by Gasteiger charge is 2.45. The fourth-order valence-electron chi connectivity index (χ4n) is 1.92. The van der Waals surface area contributed by atoms with Gasteiger partial charge < -0.3 is 29.9 Å². The van der Waals surface area contributed by atoms with Gasteiger partial charge in [-0.3, -0.25) is 0 Å². The van der Waals surface area contributed by atoms with E-state index in [0.717, 1.165) is 5.57 Å². The minimum absolute atomic E-state index is 0.328. The number of allylic oxidation sites excluding steroid dienone is 3. The zero-order valence-electron chi connectivity index (χ0n) is 13.0. The van der Waals surface area contributed by atoms with Crippen molar-refractivity contribution < 1.29 is 34.7 Å². The van der Waals surface area contributed by atoms with E-state index in [1.54, 1.807) is 13.0 Å². The molecule has 1 aliphatic heterocycles. The van der Waals surface area contributed by atoms with Crippen molar-refractivity contribution >= 4 is 5.97 Å². The van der Waals surface area contributed by atoms with Gasteiger partial charge in [0.25, 0.3) is 0 Å². The van der Waals surface area contributed by atoms with Crippen LogP contribution in [-0.2, 0) is 14.3 Å². The summed E-state index contributed by atoms with van der Waals surface area (Å²) in [5, 5.41) is 38.1. The maximum absolute atomic E-state index is 11.9. The van der Waals surface area contributed by atoms with Gasteiger partial charge in [-0.1, -0.05) is 17.7 Å². The summed E-state index contributed by atoms with van der Waals surface area (Å²) in [5.41, 5.74) is 1.45. The van der Waals surface area contributed by atoms with Crippen LogP contribution in [0.15, 0.2) is 23.3 Å². The summed E-state index contributed by atoms with van der Waals surface area (Å²) < 4.78 is 10.1. The Morgan fingerprint density at radius 3 is 2.27 bits per heavy atom. The molecule has 1 rings (SSSR count). The first-order valence-electron chi connectivity index (χ1n) is 7.09. The molecule has 22 heavy (non-hydrogen) atoms. The van der Waals surface area contributed by atoms with E-state index in [4.69, 9.17) is 14.6 Å². The van der Waals surface area contributed by atoms with Gasteiger partial charge in [0, 0.05) is 5.57 Å². The molecule has 0 aliphatic carbocycles. The van der Waals surface area contributed by atoms with E-state index in [9.17, 15) is 20.1 Å². The Morgan fingerprint density at radius 1 is 1.09 bits per heavy atom. The Balaban J connectivity index is 2.68. The minimum atomic E-state index is -1.59. The minimum Gasteiger partial charge on any atom is -0.429 e. The summed E-state index contributed by atoms with van der Waals surface area (Å²) in [7, 11) is 0. The largest absolute Gasteiger partial charge is 0.429 e. The maximum Gasteiger partial charge on any atom is 0.335 e. The normalized spacial score (nSPS) is 32.5. The Hall–Kier alpha value is -1.25. The second kappa shape index (κ2) is 8.40. The van der Waals surface area contributed by atoms with Crippen molar-refractivity contribution in [3.05, 3.63) is 23.3 Å². The summed E-state index contributed by atoms with van der Waals surface area (Å²) in [5.74, 6) is -0.702. The summed E-state index contributed by atoms with van der Waals surface area (Å²) >= 11 is 0. The van der Waals surface area contributed by atoms with Gasteiger partial charge in [-0.15, -0.1) is 0 Å². The monoisotopic (exact) mass is 316 g/mol. The predicted molar refractivity (Wildman–Crippen MR) is 77.7 cm³/mol. The van der Waals surface area contributed by atoms with E-state index < -0.39 is 43.3 Å². The van der Waals surface area contributed by atoms with Gasteiger partial charge in [0.2, 0.25) is 6.29 Å². The molecule has 7 nitrogen and oxygen atoms in total. The molecule has 0 bridgehead atoms. The quantitative estimate of drug-likeness (QED) is 0.311. The van der Waals surface area contributed by atoms with Crippen molar-refractivity contribution in [2.75, 3.05) is 6.61 Å². The first-order chi connectivity index (χ1) is 10.3. The molecule has 1 saturated heterocycles. The van der Waals surface area contributed by atoms with Crippen LogP contribution < -0.4 is 0 Å². The summed E-state index contributed by atoms with van der Waals surface area (Å²) in [6.07, 6.45) is -3.03. The zero-order valence-corrected chi connectivity index (χ0v) is 13.0. The third kappa shape index (κ3) is 4.89. The highest BCUT2D eigenvalue weighted by molar-refractivity contribution is 5.87. The Bertz CT molecular complexity index is 437. The van der Waals surface area contributed by atoms with Crippen LogP contribution >= 0.6 is 0 Å². The molecular formula is C15H24O7. The lowest BCUT2D eigenvalue weighted by Crippen LogP contribution is -2.59. The third-order valence-corrected chi connectivity index (χ3v) is 3.34. The van der Waals surface area contributed by atoms with E-state index in [0.29, 0.717) is 12.0 Å². The van der Waals surface area contributed by atoms with Gasteiger partial charge in [-0.25, -0.2) is 4.79 Å². The molecule has 0 aromatic rings. The molecule has 1 aliphatic rings. The number of carbonyl (C=O) groups is 1. The fourth-order valence-corrected chi connectivity index (χ4v) is 1.92. The molecule has 0 radical (unpaired) electrons. The van der Waals surface area contributed by atoms with E-state index >= 15 is 0 Å². The molecule has 0 amide bonds. The van der Waals surface area contributed by atoms with Crippen LogP contribution in [0.5, 0.6) is 0 Å². The topological polar surface area (TPSA) is 116 Å². The molecule has 1 fully saturated rings. The SMILES string of the molecule is CC(C)=CC/C=C(\C)C(=O)O[C@@H]1O[C@H](CO)[C@@H](O)[C@H](O)[C@H]1O. The molecule has 126 valence electrons. The van der Waals surface area contributed by atoms with Gasteiger partial charge in [0.15, 0.2) is 0 Å². The van der Waals surface area contributed by atoms with Crippen LogP contribution in [0.2, 0.25) is 0 Å². The van der Waals surface area contributed by atoms with E-state index in [2.05, 4.69) is 0 Å². The van der Waals surface area contributed by atoms with Gasteiger partial charge in [0.1, 0.15) is 24.4 Å². The molecule has 0 unspecified atom stereocenters. The van der Waals surface area contributed by atoms with Gasteiger partial charge >= 0.3 is 5.97 Å². The smallest absolute Gasteiger partial charge is 0.335 e. The molecule has 1 heterocycles. The predicted octanol–water partition coefficient (Wildman–Crippen LogP) is -0.368. The third-order valence-electron chi connectivity index (χ3n) is 3.34. The molecule has 0 spiro atoms. The second-order valence-electron chi connectivity index (χ2n) is 5.51. The van der Waals surface area contributed by atoms with Crippen molar-refractivity contribution in [2.45, 2.75) is 57.9 Å². The number of ether oxygens (including phenoxy) is 2. The van der Waals surface area contributed by atoms with E-state index in [1.807, 2.05) is 19.9 Å². The molecule has 0 aromatic carbocycles. The number of rotatable bonds is 5. The standard InChI is InChI=1S/C15H24O7/c1-8(2)5-4-6-9(3)14(20)22-15-13(19)12(18)11(17)10(7-16)21-15/h5-6,10-13,15-19H,4,7H2,1-3H3/b9-6+/t10-,11-,12+,13-,15+/m1/s1. The van der Waals surface area contributed by atoms with Crippen LogP contribution in [0.25, 0.3) is 0 Å². The van der Waals surface area contributed by atoms with Crippen LogP contribution in [0.4, 0.5) is 0 Å². The number of hydrogen-bond acceptors (Lipinski definition) is 7. The number of aliphatic hydroxyl groups is 4. The zero-order chi connectivity index (χ0) is 16.9.